The molecule has 1 saturated heterocycles. The average molecular weight is 262 g/mol. The summed E-state index contributed by atoms with van der Waals surface area (Å²) in [6.45, 7) is 2.20. The highest BCUT2D eigenvalue weighted by Gasteiger charge is 2.23. The maximum atomic E-state index is 8.88. The van der Waals surface area contributed by atoms with Gasteiger partial charge in [0, 0.05) is 30.9 Å². The lowest BCUT2D eigenvalue weighted by Crippen LogP contribution is -2.45. The molecule has 1 aromatic carbocycles. The summed E-state index contributed by atoms with van der Waals surface area (Å²) in [5.74, 6) is 0.159. The van der Waals surface area contributed by atoms with E-state index < -0.39 is 0 Å². The van der Waals surface area contributed by atoms with Gasteiger partial charge in [0.1, 0.15) is 0 Å². The van der Waals surface area contributed by atoms with Crippen LogP contribution in [0.25, 0.3) is 0 Å². The molecule has 0 aliphatic carbocycles. The van der Waals surface area contributed by atoms with Crippen molar-refractivity contribution in [3.05, 3.63) is 29.8 Å². The third-order valence-electron chi connectivity index (χ3n) is 3.82. The van der Waals surface area contributed by atoms with Crippen LogP contribution in [0, 0.1) is 0 Å². The summed E-state index contributed by atoms with van der Waals surface area (Å²) in [6.07, 6.45) is 2.38. The van der Waals surface area contributed by atoms with Gasteiger partial charge < -0.3 is 20.7 Å². The van der Waals surface area contributed by atoms with Crippen LogP contribution in [-0.4, -0.2) is 49.2 Å². The molecular formula is C14H22N4O. The summed E-state index contributed by atoms with van der Waals surface area (Å²) in [4.78, 5) is 4.58. The topological polar surface area (TPSA) is 65.1 Å². The van der Waals surface area contributed by atoms with Gasteiger partial charge in [-0.15, -0.1) is 0 Å². The fraction of sp³-hybridized carbons (Fsp3) is 0.500. The Bertz CT molecular complexity index is 461. The molecule has 0 saturated carbocycles. The van der Waals surface area contributed by atoms with E-state index in [0.717, 1.165) is 24.3 Å². The first-order chi connectivity index (χ1) is 9.13. The molecule has 0 aromatic heterocycles. The van der Waals surface area contributed by atoms with E-state index in [9.17, 15) is 0 Å². The number of benzene rings is 1. The molecule has 0 bridgehead atoms. The summed E-state index contributed by atoms with van der Waals surface area (Å²) in [7, 11) is 4.22. The largest absolute Gasteiger partial charge is 0.409 e. The molecule has 1 aromatic rings. The van der Waals surface area contributed by atoms with Gasteiger partial charge in [-0.1, -0.05) is 17.3 Å². The summed E-state index contributed by atoms with van der Waals surface area (Å²) < 4.78 is 0. The fourth-order valence-corrected chi connectivity index (χ4v) is 2.70. The molecule has 1 atom stereocenters. The zero-order valence-electron chi connectivity index (χ0n) is 11.6. The lowest BCUT2D eigenvalue weighted by molar-refractivity contribution is 0.248. The number of anilines is 1. The quantitative estimate of drug-likeness (QED) is 0.373. The molecule has 5 nitrogen and oxygen atoms in total. The molecule has 1 aliphatic heterocycles. The lowest BCUT2D eigenvalue weighted by Gasteiger charge is -2.37. The van der Waals surface area contributed by atoms with Crippen molar-refractivity contribution in [3.8, 4) is 0 Å². The highest BCUT2D eigenvalue weighted by molar-refractivity contribution is 6.02. The predicted molar refractivity (Wildman–Crippen MR) is 77.9 cm³/mol. The van der Waals surface area contributed by atoms with Crippen molar-refractivity contribution < 1.29 is 5.21 Å². The van der Waals surface area contributed by atoms with Crippen molar-refractivity contribution in [2.75, 3.05) is 32.1 Å². The molecule has 1 fully saturated rings. The minimum absolute atomic E-state index is 0.159. The van der Waals surface area contributed by atoms with E-state index >= 15 is 0 Å². The van der Waals surface area contributed by atoms with E-state index in [1.807, 2.05) is 24.3 Å². The summed E-state index contributed by atoms with van der Waals surface area (Å²) in [5, 5.41) is 12.0. The number of piperidine rings is 1. The molecule has 0 spiro atoms. The second kappa shape index (κ2) is 5.93. The van der Waals surface area contributed by atoms with Crippen LogP contribution in [0.3, 0.4) is 0 Å². The van der Waals surface area contributed by atoms with Gasteiger partial charge in [0.15, 0.2) is 5.84 Å². The number of nitrogens with zero attached hydrogens (tertiary/aromatic N) is 3. The van der Waals surface area contributed by atoms with Gasteiger partial charge in [-0.05, 0) is 38.6 Å². The number of amidine groups is 1. The number of hydrogen-bond donors (Lipinski definition) is 2. The number of likely N-dealkylation sites (N-methyl/N-ethyl adjacent to an activating group) is 2. The second-order valence-electron chi connectivity index (χ2n) is 5.17. The van der Waals surface area contributed by atoms with E-state index in [-0.39, 0.29) is 5.84 Å². The highest BCUT2D eigenvalue weighted by atomic mass is 16.4. The maximum Gasteiger partial charge on any atom is 0.172 e. The van der Waals surface area contributed by atoms with E-state index in [0.29, 0.717) is 6.04 Å². The van der Waals surface area contributed by atoms with Gasteiger partial charge in [0.25, 0.3) is 0 Å². The molecule has 0 amide bonds. The van der Waals surface area contributed by atoms with Crippen LogP contribution in [0.1, 0.15) is 18.4 Å². The highest BCUT2D eigenvalue weighted by Crippen LogP contribution is 2.24. The van der Waals surface area contributed by atoms with Gasteiger partial charge in [-0.2, -0.15) is 0 Å². The van der Waals surface area contributed by atoms with Gasteiger partial charge in [0.05, 0.1) is 0 Å². The smallest absolute Gasteiger partial charge is 0.172 e. The lowest BCUT2D eigenvalue weighted by atomic mass is 10.0. The molecule has 5 heteroatoms. The normalized spacial score (nSPS) is 21.4. The standard InChI is InChI=1S/C14H22N4O/c1-17-9-5-6-11(10-17)18(2)13-8-4-3-7-12(13)14(15)16-19/h3-4,7-8,11,19H,5-6,9-10H2,1-2H3,(H2,15,16). The van der Waals surface area contributed by atoms with E-state index in [1.54, 1.807) is 0 Å². The average Bonchev–Trinajstić information content (AvgIpc) is 2.45. The van der Waals surface area contributed by atoms with Crippen molar-refractivity contribution in [3.63, 3.8) is 0 Å². The Balaban J connectivity index is 2.25. The minimum atomic E-state index is 0.159. The number of hydrogen-bond acceptors (Lipinski definition) is 4. The Labute approximate surface area is 114 Å². The first-order valence-electron chi connectivity index (χ1n) is 6.61. The van der Waals surface area contributed by atoms with E-state index in [4.69, 9.17) is 10.9 Å². The number of oxime groups is 1. The Morgan fingerprint density at radius 2 is 2.21 bits per heavy atom. The molecular weight excluding hydrogens is 240 g/mol. The SMILES string of the molecule is CN1CCCC(N(C)c2ccccc2C(N)=NO)C1. The van der Waals surface area contributed by atoms with Crippen LogP contribution < -0.4 is 10.6 Å². The van der Waals surface area contributed by atoms with Gasteiger partial charge >= 0.3 is 0 Å². The van der Waals surface area contributed by atoms with Crippen molar-refractivity contribution in [2.45, 2.75) is 18.9 Å². The second-order valence-corrected chi connectivity index (χ2v) is 5.17. The Morgan fingerprint density at radius 3 is 2.89 bits per heavy atom. The van der Waals surface area contributed by atoms with Crippen LogP contribution in [-0.2, 0) is 0 Å². The summed E-state index contributed by atoms with van der Waals surface area (Å²) in [5.41, 5.74) is 7.54. The number of likely N-dealkylation sites (tertiary alicyclic amines) is 1. The Morgan fingerprint density at radius 1 is 1.47 bits per heavy atom. The predicted octanol–water partition coefficient (Wildman–Crippen LogP) is 1.31. The Kier molecular flexibility index (Phi) is 4.27. The van der Waals surface area contributed by atoms with Gasteiger partial charge in [-0.3, -0.25) is 0 Å². The number of nitrogens with two attached hydrogens (primary N) is 1. The van der Waals surface area contributed by atoms with Crippen molar-refractivity contribution in [1.82, 2.24) is 4.90 Å². The third-order valence-corrected chi connectivity index (χ3v) is 3.82. The van der Waals surface area contributed by atoms with Crippen molar-refractivity contribution >= 4 is 11.5 Å². The first-order valence-corrected chi connectivity index (χ1v) is 6.61. The molecule has 1 aliphatic rings. The molecule has 104 valence electrons. The third kappa shape index (κ3) is 2.98. The van der Waals surface area contributed by atoms with Gasteiger partial charge in [0.2, 0.25) is 0 Å². The van der Waals surface area contributed by atoms with Crippen LogP contribution in [0.2, 0.25) is 0 Å². The Hall–Kier alpha value is -1.75. The molecule has 3 N–H and O–H groups in total. The summed E-state index contributed by atoms with van der Waals surface area (Å²) >= 11 is 0. The zero-order chi connectivity index (χ0) is 13.8. The van der Waals surface area contributed by atoms with Crippen LogP contribution in [0.5, 0.6) is 0 Å². The van der Waals surface area contributed by atoms with Gasteiger partial charge in [-0.25, -0.2) is 0 Å². The van der Waals surface area contributed by atoms with Crippen LogP contribution in [0.4, 0.5) is 5.69 Å². The molecule has 1 unspecified atom stereocenters. The fourth-order valence-electron chi connectivity index (χ4n) is 2.70. The van der Waals surface area contributed by atoms with Crippen molar-refractivity contribution in [2.24, 2.45) is 10.9 Å². The molecule has 1 heterocycles. The molecule has 19 heavy (non-hydrogen) atoms. The van der Waals surface area contributed by atoms with Crippen LogP contribution >= 0.6 is 0 Å². The zero-order valence-corrected chi connectivity index (χ0v) is 11.6. The number of rotatable bonds is 3. The monoisotopic (exact) mass is 262 g/mol. The molecule has 2 rings (SSSR count). The van der Waals surface area contributed by atoms with E-state index in [2.05, 4.69) is 29.1 Å². The van der Waals surface area contributed by atoms with Crippen LogP contribution in [0.15, 0.2) is 29.4 Å². The number of para-hydroxylation sites is 1. The summed E-state index contributed by atoms with van der Waals surface area (Å²) in [6, 6.07) is 8.24. The molecule has 0 radical (unpaired) electrons. The van der Waals surface area contributed by atoms with E-state index in [1.165, 1.54) is 12.8 Å². The minimum Gasteiger partial charge on any atom is -0.409 e. The van der Waals surface area contributed by atoms with Crippen molar-refractivity contribution in [1.29, 1.82) is 0 Å². The maximum absolute atomic E-state index is 8.88. The first kappa shape index (κ1) is 13.7.